The molecule has 2 aromatic rings. The molecular weight excluding hydrogens is 238 g/mol. The SMILES string of the molecule is CCc1cccc2c(C(=O)C3CCCOC3)c[nH]c12. The van der Waals surface area contributed by atoms with Crippen LogP contribution in [0.15, 0.2) is 24.4 Å². The number of aryl methyl sites for hydroxylation is 1. The number of aromatic nitrogens is 1. The van der Waals surface area contributed by atoms with Crippen LogP contribution in [0.5, 0.6) is 0 Å². The maximum absolute atomic E-state index is 12.6. The second kappa shape index (κ2) is 5.17. The highest BCUT2D eigenvalue weighted by Crippen LogP contribution is 2.26. The van der Waals surface area contributed by atoms with Crippen LogP contribution in [-0.4, -0.2) is 24.0 Å². The summed E-state index contributed by atoms with van der Waals surface area (Å²) in [5.41, 5.74) is 3.18. The molecule has 100 valence electrons. The van der Waals surface area contributed by atoms with Crippen LogP contribution in [0, 0.1) is 5.92 Å². The molecule has 2 heterocycles. The van der Waals surface area contributed by atoms with Crippen LogP contribution < -0.4 is 0 Å². The zero-order valence-corrected chi connectivity index (χ0v) is 11.2. The predicted molar refractivity (Wildman–Crippen MR) is 75.6 cm³/mol. The molecule has 1 unspecified atom stereocenters. The summed E-state index contributed by atoms with van der Waals surface area (Å²) in [4.78, 5) is 15.8. The zero-order valence-electron chi connectivity index (χ0n) is 11.2. The molecule has 3 nitrogen and oxygen atoms in total. The van der Waals surface area contributed by atoms with Gasteiger partial charge in [0.1, 0.15) is 0 Å². The molecule has 1 aromatic carbocycles. The van der Waals surface area contributed by atoms with Crippen LogP contribution in [0.4, 0.5) is 0 Å². The lowest BCUT2D eigenvalue weighted by Gasteiger charge is -2.20. The number of Topliss-reactive ketones (excluding diaryl/α,β-unsaturated/α-hetero) is 1. The van der Waals surface area contributed by atoms with Crippen molar-refractivity contribution in [1.82, 2.24) is 4.98 Å². The van der Waals surface area contributed by atoms with Gasteiger partial charge in [0, 0.05) is 35.2 Å². The first-order chi connectivity index (χ1) is 9.31. The van der Waals surface area contributed by atoms with E-state index in [9.17, 15) is 4.79 Å². The lowest BCUT2D eigenvalue weighted by molar-refractivity contribution is 0.0462. The Morgan fingerprint density at radius 2 is 2.37 bits per heavy atom. The molecule has 1 aromatic heterocycles. The maximum Gasteiger partial charge on any atom is 0.170 e. The molecule has 1 saturated heterocycles. The molecule has 0 aliphatic carbocycles. The number of benzene rings is 1. The number of fused-ring (bicyclic) bond motifs is 1. The zero-order chi connectivity index (χ0) is 13.2. The molecule has 3 rings (SSSR count). The predicted octanol–water partition coefficient (Wildman–Crippen LogP) is 3.34. The number of hydrogen-bond donors (Lipinski definition) is 1. The molecule has 19 heavy (non-hydrogen) atoms. The van der Waals surface area contributed by atoms with Crippen LogP contribution in [0.1, 0.15) is 35.7 Å². The van der Waals surface area contributed by atoms with Gasteiger partial charge in [-0.25, -0.2) is 0 Å². The van der Waals surface area contributed by atoms with E-state index in [1.165, 1.54) is 5.56 Å². The molecule has 1 aliphatic rings. The summed E-state index contributed by atoms with van der Waals surface area (Å²) in [6, 6.07) is 6.17. The summed E-state index contributed by atoms with van der Waals surface area (Å²) < 4.78 is 5.43. The molecule has 0 amide bonds. The highest BCUT2D eigenvalue weighted by atomic mass is 16.5. The summed E-state index contributed by atoms with van der Waals surface area (Å²) >= 11 is 0. The fourth-order valence-electron chi connectivity index (χ4n) is 2.88. The van der Waals surface area contributed by atoms with Crippen molar-refractivity contribution >= 4 is 16.7 Å². The van der Waals surface area contributed by atoms with Gasteiger partial charge in [0.05, 0.1) is 6.61 Å². The minimum atomic E-state index is 0.0260. The standard InChI is InChI=1S/C16H19NO2/c1-2-11-5-3-7-13-14(9-17-15(11)13)16(18)12-6-4-8-19-10-12/h3,5,7,9,12,17H,2,4,6,8,10H2,1H3. The number of ether oxygens (including phenoxy) is 1. The number of rotatable bonds is 3. The summed E-state index contributed by atoms with van der Waals surface area (Å²) in [6.45, 7) is 3.49. The Balaban J connectivity index is 1.98. The van der Waals surface area contributed by atoms with E-state index < -0.39 is 0 Å². The van der Waals surface area contributed by atoms with Crippen molar-refractivity contribution in [3.05, 3.63) is 35.5 Å². The van der Waals surface area contributed by atoms with E-state index in [1.807, 2.05) is 18.3 Å². The molecule has 0 saturated carbocycles. The first-order valence-electron chi connectivity index (χ1n) is 7.02. The molecule has 3 heteroatoms. The van der Waals surface area contributed by atoms with Crippen LogP contribution >= 0.6 is 0 Å². The van der Waals surface area contributed by atoms with Crippen molar-refractivity contribution < 1.29 is 9.53 Å². The van der Waals surface area contributed by atoms with E-state index >= 15 is 0 Å². The Morgan fingerprint density at radius 3 is 3.11 bits per heavy atom. The minimum absolute atomic E-state index is 0.0260. The highest BCUT2D eigenvalue weighted by Gasteiger charge is 2.25. The van der Waals surface area contributed by atoms with E-state index in [4.69, 9.17) is 4.74 Å². The van der Waals surface area contributed by atoms with Gasteiger partial charge in [-0.2, -0.15) is 0 Å². The third-order valence-corrected chi connectivity index (χ3v) is 3.98. The van der Waals surface area contributed by atoms with Crippen molar-refractivity contribution in [2.24, 2.45) is 5.92 Å². The number of hydrogen-bond acceptors (Lipinski definition) is 2. The third-order valence-electron chi connectivity index (χ3n) is 3.98. The van der Waals surface area contributed by atoms with E-state index in [0.29, 0.717) is 6.61 Å². The first-order valence-corrected chi connectivity index (χ1v) is 7.02. The number of carbonyl (C=O) groups is 1. The van der Waals surface area contributed by atoms with Crippen LogP contribution in [0.3, 0.4) is 0 Å². The van der Waals surface area contributed by atoms with Crippen LogP contribution in [0.2, 0.25) is 0 Å². The molecule has 1 aliphatic heterocycles. The van der Waals surface area contributed by atoms with Gasteiger partial charge in [-0.1, -0.05) is 25.1 Å². The smallest absolute Gasteiger partial charge is 0.170 e. The lowest BCUT2D eigenvalue weighted by Crippen LogP contribution is -2.25. The molecule has 0 radical (unpaired) electrons. The van der Waals surface area contributed by atoms with E-state index in [2.05, 4.69) is 18.0 Å². The maximum atomic E-state index is 12.6. The van der Waals surface area contributed by atoms with Gasteiger partial charge in [-0.15, -0.1) is 0 Å². The van der Waals surface area contributed by atoms with E-state index in [-0.39, 0.29) is 11.7 Å². The molecule has 1 atom stereocenters. The van der Waals surface area contributed by atoms with Crippen molar-refractivity contribution in [3.63, 3.8) is 0 Å². The topological polar surface area (TPSA) is 42.1 Å². The quantitative estimate of drug-likeness (QED) is 0.857. The van der Waals surface area contributed by atoms with Crippen molar-refractivity contribution in [2.45, 2.75) is 26.2 Å². The van der Waals surface area contributed by atoms with Crippen molar-refractivity contribution in [2.75, 3.05) is 13.2 Å². The Kier molecular flexibility index (Phi) is 3.38. The number of aromatic amines is 1. The first kappa shape index (κ1) is 12.4. The van der Waals surface area contributed by atoms with Crippen LogP contribution in [-0.2, 0) is 11.2 Å². The van der Waals surface area contributed by atoms with Gasteiger partial charge in [0.15, 0.2) is 5.78 Å². The van der Waals surface area contributed by atoms with Crippen LogP contribution in [0.25, 0.3) is 10.9 Å². The molecule has 0 spiro atoms. The third kappa shape index (κ3) is 2.19. The Labute approximate surface area is 113 Å². The molecular formula is C16H19NO2. The fourth-order valence-corrected chi connectivity index (χ4v) is 2.88. The lowest BCUT2D eigenvalue weighted by atomic mass is 9.92. The van der Waals surface area contributed by atoms with Crippen molar-refractivity contribution in [1.29, 1.82) is 0 Å². The second-order valence-corrected chi connectivity index (χ2v) is 5.17. The summed E-state index contributed by atoms with van der Waals surface area (Å²) in [5, 5.41) is 1.05. The largest absolute Gasteiger partial charge is 0.381 e. The average molecular weight is 257 g/mol. The summed E-state index contributed by atoms with van der Waals surface area (Å²) in [5.74, 6) is 0.247. The molecule has 1 N–H and O–H groups in total. The fraction of sp³-hybridized carbons (Fsp3) is 0.438. The van der Waals surface area contributed by atoms with E-state index in [0.717, 1.165) is 42.3 Å². The number of ketones is 1. The monoisotopic (exact) mass is 257 g/mol. The Bertz CT molecular complexity index is 594. The minimum Gasteiger partial charge on any atom is -0.381 e. The van der Waals surface area contributed by atoms with Gasteiger partial charge in [-0.05, 0) is 24.8 Å². The van der Waals surface area contributed by atoms with Gasteiger partial charge < -0.3 is 9.72 Å². The number of para-hydroxylation sites is 1. The highest BCUT2D eigenvalue weighted by molar-refractivity contribution is 6.09. The van der Waals surface area contributed by atoms with Crippen molar-refractivity contribution in [3.8, 4) is 0 Å². The number of H-pyrrole nitrogens is 1. The second-order valence-electron chi connectivity index (χ2n) is 5.17. The van der Waals surface area contributed by atoms with Gasteiger partial charge in [-0.3, -0.25) is 4.79 Å². The van der Waals surface area contributed by atoms with Gasteiger partial charge in [0.2, 0.25) is 0 Å². The number of nitrogens with one attached hydrogen (secondary N) is 1. The molecule has 0 bridgehead atoms. The normalized spacial score (nSPS) is 19.7. The Hall–Kier alpha value is -1.61. The summed E-state index contributed by atoms with van der Waals surface area (Å²) in [7, 11) is 0. The van der Waals surface area contributed by atoms with Gasteiger partial charge >= 0.3 is 0 Å². The Morgan fingerprint density at radius 1 is 1.47 bits per heavy atom. The van der Waals surface area contributed by atoms with E-state index in [1.54, 1.807) is 0 Å². The van der Waals surface area contributed by atoms with Gasteiger partial charge in [0.25, 0.3) is 0 Å². The average Bonchev–Trinajstić information content (AvgIpc) is 2.91. The number of carbonyl (C=O) groups excluding carboxylic acids is 1. The molecule has 1 fully saturated rings. The summed E-state index contributed by atoms with van der Waals surface area (Å²) in [6.07, 6.45) is 4.76.